The van der Waals surface area contributed by atoms with Crippen molar-refractivity contribution < 1.29 is 32.3 Å². The molecular formula is C17H13F3N2O4. The third kappa shape index (κ3) is 4.50. The van der Waals surface area contributed by atoms with Gasteiger partial charge in [-0.2, -0.15) is 0 Å². The lowest BCUT2D eigenvalue weighted by atomic mass is 10.1. The number of pyridine rings is 1. The molecule has 3 rings (SSSR count). The highest BCUT2D eigenvalue weighted by atomic mass is 19.4. The first kappa shape index (κ1) is 17.7. The molecule has 0 spiro atoms. The number of oxime groups is 1. The number of carbonyl (C=O) groups is 1. The van der Waals surface area contributed by atoms with E-state index >= 15 is 0 Å². The largest absolute Gasteiger partial charge is 0.573 e. The number of halogens is 3. The van der Waals surface area contributed by atoms with Crippen LogP contribution in [-0.4, -0.2) is 23.0 Å². The summed E-state index contributed by atoms with van der Waals surface area (Å²) >= 11 is 0. The van der Waals surface area contributed by atoms with E-state index in [0.717, 1.165) is 0 Å². The van der Waals surface area contributed by atoms with Gasteiger partial charge in [0.1, 0.15) is 17.2 Å². The second-order valence-corrected chi connectivity index (χ2v) is 5.44. The molecule has 136 valence electrons. The Morgan fingerprint density at radius 1 is 1.15 bits per heavy atom. The first-order valence-corrected chi connectivity index (χ1v) is 7.53. The van der Waals surface area contributed by atoms with Gasteiger partial charge in [-0.15, -0.1) is 13.2 Å². The molecule has 26 heavy (non-hydrogen) atoms. The Hall–Kier alpha value is -3.10. The molecule has 0 unspecified atom stereocenters. The van der Waals surface area contributed by atoms with Gasteiger partial charge >= 0.3 is 6.36 Å². The number of hydrogen-bond acceptors (Lipinski definition) is 6. The summed E-state index contributed by atoms with van der Waals surface area (Å²) in [5, 5.41) is 3.82. The summed E-state index contributed by atoms with van der Waals surface area (Å²) in [6, 6.07) is 8.46. The summed E-state index contributed by atoms with van der Waals surface area (Å²) in [4.78, 5) is 20.4. The number of nitrogens with zero attached hydrogens (tertiary/aromatic N) is 2. The maximum absolute atomic E-state index is 12.2. The van der Waals surface area contributed by atoms with E-state index in [0.29, 0.717) is 29.3 Å². The minimum Gasteiger partial charge on any atom is -0.438 e. The van der Waals surface area contributed by atoms with Crippen molar-refractivity contribution in [1.82, 2.24) is 4.98 Å². The maximum Gasteiger partial charge on any atom is 0.573 e. The number of ether oxygens (including phenoxy) is 2. The van der Waals surface area contributed by atoms with Gasteiger partial charge in [-0.25, -0.2) is 4.98 Å². The van der Waals surface area contributed by atoms with E-state index in [1.807, 2.05) is 0 Å². The summed E-state index contributed by atoms with van der Waals surface area (Å²) < 4.78 is 45.8. The fourth-order valence-electron chi connectivity index (χ4n) is 2.26. The van der Waals surface area contributed by atoms with Gasteiger partial charge in [0.25, 0.3) is 0 Å². The van der Waals surface area contributed by atoms with E-state index in [1.54, 1.807) is 6.07 Å². The van der Waals surface area contributed by atoms with Gasteiger partial charge < -0.3 is 14.3 Å². The molecule has 0 radical (unpaired) electrons. The van der Waals surface area contributed by atoms with Crippen LogP contribution in [0.2, 0.25) is 0 Å². The van der Waals surface area contributed by atoms with Crippen molar-refractivity contribution in [3.8, 4) is 11.5 Å². The average molecular weight is 366 g/mol. The Bertz CT molecular complexity index is 817. The molecular weight excluding hydrogens is 353 g/mol. The fourth-order valence-corrected chi connectivity index (χ4v) is 2.26. The van der Waals surface area contributed by atoms with Crippen LogP contribution in [0.1, 0.15) is 35.5 Å². The van der Waals surface area contributed by atoms with E-state index in [4.69, 9.17) is 9.57 Å². The second-order valence-electron chi connectivity index (χ2n) is 5.44. The van der Waals surface area contributed by atoms with Crippen molar-refractivity contribution in [2.75, 3.05) is 0 Å². The highest BCUT2D eigenvalue weighted by Crippen LogP contribution is 2.30. The van der Waals surface area contributed by atoms with Crippen LogP contribution in [0.3, 0.4) is 0 Å². The quantitative estimate of drug-likeness (QED) is 0.764. The zero-order valence-corrected chi connectivity index (χ0v) is 13.5. The number of Topliss-reactive ketones (excluding diaryl/α,β-unsaturated/α-hetero) is 1. The third-order valence-electron chi connectivity index (χ3n) is 3.46. The minimum atomic E-state index is -4.73. The van der Waals surface area contributed by atoms with Gasteiger partial charge in [0, 0.05) is 6.92 Å². The van der Waals surface area contributed by atoms with Gasteiger partial charge in [0.05, 0.1) is 12.6 Å². The fraction of sp³-hybridized carbons (Fsp3) is 0.235. The minimum absolute atomic E-state index is 0.156. The van der Waals surface area contributed by atoms with Crippen molar-refractivity contribution in [1.29, 1.82) is 0 Å². The third-order valence-corrected chi connectivity index (χ3v) is 3.46. The van der Waals surface area contributed by atoms with E-state index in [9.17, 15) is 18.0 Å². The lowest BCUT2D eigenvalue weighted by Gasteiger charge is -2.11. The summed E-state index contributed by atoms with van der Waals surface area (Å²) in [5.74, 6) is 0.222. The van der Waals surface area contributed by atoms with E-state index in [-0.39, 0.29) is 11.5 Å². The van der Waals surface area contributed by atoms with Gasteiger partial charge in [-0.3, -0.25) is 4.79 Å². The van der Waals surface area contributed by atoms with Crippen LogP contribution in [0.5, 0.6) is 11.5 Å². The van der Waals surface area contributed by atoms with Crippen molar-refractivity contribution in [2.45, 2.75) is 25.8 Å². The van der Waals surface area contributed by atoms with E-state index in [2.05, 4.69) is 14.9 Å². The van der Waals surface area contributed by atoms with Gasteiger partial charge in [-0.05, 0) is 29.8 Å². The molecule has 6 nitrogen and oxygen atoms in total. The van der Waals surface area contributed by atoms with Crippen molar-refractivity contribution in [2.24, 2.45) is 5.16 Å². The molecule has 2 aromatic rings. The molecule has 1 aliphatic heterocycles. The molecule has 0 bridgehead atoms. The molecule has 0 fully saturated rings. The van der Waals surface area contributed by atoms with Crippen LogP contribution in [0.25, 0.3) is 0 Å². The van der Waals surface area contributed by atoms with Crippen LogP contribution in [0, 0.1) is 0 Å². The molecule has 9 heteroatoms. The molecule has 0 saturated heterocycles. The summed E-state index contributed by atoms with van der Waals surface area (Å²) in [6.07, 6.45) is -3.51. The zero-order valence-electron chi connectivity index (χ0n) is 13.5. The zero-order chi connectivity index (χ0) is 18.7. The molecule has 0 amide bonds. The lowest BCUT2D eigenvalue weighted by Crippen LogP contribution is -2.17. The van der Waals surface area contributed by atoms with Gasteiger partial charge in [0.2, 0.25) is 5.90 Å². The van der Waals surface area contributed by atoms with Gasteiger partial charge in [0.15, 0.2) is 11.9 Å². The van der Waals surface area contributed by atoms with E-state index in [1.165, 1.54) is 43.5 Å². The Morgan fingerprint density at radius 2 is 1.85 bits per heavy atom. The second kappa shape index (κ2) is 7.03. The Kier molecular flexibility index (Phi) is 4.79. The molecule has 1 aromatic heterocycles. The molecule has 1 aliphatic rings. The standard InChI is InChI=1S/C17H13F3N2O4/c1-10(23)14-7-6-13(9-21-14)24-16-8-15(26-22-16)11-2-4-12(5-3-11)25-17(18,19)20/h2-7,9,15H,8H2,1H3/t15-/m0/s1. The number of ketones is 1. The summed E-state index contributed by atoms with van der Waals surface area (Å²) in [5.41, 5.74) is 0.952. The Morgan fingerprint density at radius 3 is 2.42 bits per heavy atom. The molecule has 0 saturated carbocycles. The maximum atomic E-state index is 12.2. The molecule has 0 N–H and O–H groups in total. The topological polar surface area (TPSA) is 70.0 Å². The molecule has 1 aromatic carbocycles. The predicted molar refractivity (Wildman–Crippen MR) is 83.9 cm³/mol. The highest BCUT2D eigenvalue weighted by Gasteiger charge is 2.31. The van der Waals surface area contributed by atoms with Gasteiger partial charge in [-0.1, -0.05) is 17.3 Å². The van der Waals surface area contributed by atoms with Crippen LogP contribution < -0.4 is 9.47 Å². The number of hydrogen-bond donors (Lipinski definition) is 0. The monoisotopic (exact) mass is 366 g/mol. The molecule has 1 atom stereocenters. The molecule has 2 heterocycles. The normalized spacial score (nSPS) is 16.6. The van der Waals surface area contributed by atoms with Crippen molar-refractivity contribution in [3.63, 3.8) is 0 Å². The van der Waals surface area contributed by atoms with Crippen molar-refractivity contribution >= 4 is 11.7 Å². The predicted octanol–water partition coefficient (Wildman–Crippen LogP) is 4.04. The molecule has 0 aliphatic carbocycles. The highest BCUT2D eigenvalue weighted by molar-refractivity contribution is 5.92. The SMILES string of the molecule is CC(=O)c1ccc(OC2=NO[C@H](c3ccc(OC(F)(F)F)cc3)C2)cn1. The van der Waals surface area contributed by atoms with Crippen LogP contribution in [0.15, 0.2) is 47.8 Å². The Balaban J connectivity index is 1.58. The van der Waals surface area contributed by atoms with Crippen LogP contribution in [-0.2, 0) is 4.84 Å². The van der Waals surface area contributed by atoms with E-state index < -0.39 is 12.5 Å². The lowest BCUT2D eigenvalue weighted by molar-refractivity contribution is -0.274. The first-order chi connectivity index (χ1) is 12.3. The van der Waals surface area contributed by atoms with Crippen LogP contribution >= 0.6 is 0 Å². The number of aromatic nitrogens is 1. The number of alkyl halides is 3. The summed E-state index contributed by atoms with van der Waals surface area (Å²) in [6.45, 7) is 1.41. The summed E-state index contributed by atoms with van der Waals surface area (Å²) in [7, 11) is 0. The average Bonchev–Trinajstić information content (AvgIpc) is 3.03. The smallest absolute Gasteiger partial charge is 0.438 e. The number of benzene rings is 1. The number of rotatable bonds is 4. The van der Waals surface area contributed by atoms with Crippen molar-refractivity contribution in [3.05, 3.63) is 53.9 Å². The first-order valence-electron chi connectivity index (χ1n) is 7.53. The van der Waals surface area contributed by atoms with Crippen LogP contribution in [0.4, 0.5) is 13.2 Å². The Labute approximate surface area is 146 Å². The number of carbonyl (C=O) groups excluding carboxylic acids is 1.